The summed E-state index contributed by atoms with van der Waals surface area (Å²) in [6.07, 6.45) is 6.38. The highest BCUT2D eigenvalue weighted by atomic mass is 16.5. The summed E-state index contributed by atoms with van der Waals surface area (Å²) in [4.78, 5) is 15.1. The van der Waals surface area contributed by atoms with Crippen molar-refractivity contribution < 1.29 is 9.15 Å². The van der Waals surface area contributed by atoms with E-state index < -0.39 is 0 Å². The average Bonchev–Trinajstić information content (AvgIpc) is 3.66. The van der Waals surface area contributed by atoms with Crippen molar-refractivity contribution in [1.29, 1.82) is 0 Å². The number of ether oxygens (including phenoxy) is 1. The summed E-state index contributed by atoms with van der Waals surface area (Å²) in [7, 11) is 0. The molecule has 1 aliphatic heterocycles. The van der Waals surface area contributed by atoms with Gasteiger partial charge < -0.3 is 9.15 Å². The molecule has 0 bridgehead atoms. The van der Waals surface area contributed by atoms with E-state index in [1.807, 2.05) is 72.8 Å². The summed E-state index contributed by atoms with van der Waals surface area (Å²) in [6, 6.07) is 41.0. The zero-order chi connectivity index (χ0) is 29.0. The lowest BCUT2D eigenvalue weighted by molar-refractivity contribution is 0.271. The Morgan fingerprint density at radius 1 is 0.545 bits per heavy atom. The van der Waals surface area contributed by atoms with Crippen molar-refractivity contribution in [2.75, 3.05) is 0 Å². The first-order valence-electron chi connectivity index (χ1n) is 14.8. The summed E-state index contributed by atoms with van der Waals surface area (Å²) in [5.41, 5.74) is 7.87. The Morgan fingerprint density at radius 3 is 2.16 bits per heavy atom. The monoisotopic (exact) mass is 567 g/mol. The van der Waals surface area contributed by atoms with Gasteiger partial charge in [0.1, 0.15) is 23.0 Å². The Morgan fingerprint density at radius 2 is 1.25 bits per heavy atom. The molecule has 0 amide bonds. The first-order valence-corrected chi connectivity index (χ1v) is 14.8. The molecular formula is C39H25N3O2. The predicted molar refractivity (Wildman–Crippen MR) is 174 cm³/mol. The topological polar surface area (TPSA) is 61.0 Å². The van der Waals surface area contributed by atoms with Gasteiger partial charge in [0.2, 0.25) is 0 Å². The van der Waals surface area contributed by atoms with Crippen LogP contribution in [0.5, 0.6) is 5.75 Å². The summed E-state index contributed by atoms with van der Waals surface area (Å²) in [5, 5.41) is 2.16. The number of benzene rings is 5. The van der Waals surface area contributed by atoms with Gasteiger partial charge in [0.05, 0.1) is 5.92 Å². The highest BCUT2D eigenvalue weighted by molar-refractivity contribution is 6.05. The van der Waals surface area contributed by atoms with Gasteiger partial charge in [-0.25, -0.2) is 15.0 Å². The number of rotatable bonds is 4. The lowest BCUT2D eigenvalue weighted by atomic mass is 9.80. The molecule has 44 heavy (non-hydrogen) atoms. The number of aromatic nitrogens is 3. The number of hydrogen-bond acceptors (Lipinski definition) is 5. The van der Waals surface area contributed by atoms with E-state index in [0.717, 1.165) is 49.9 Å². The summed E-state index contributed by atoms with van der Waals surface area (Å²) >= 11 is 0. The molecule has 0 spiro atoms. The normalized spacial score (nSPS) is 16.9. The summed E-state index contributed by atoms with van der Waals surface area (Å²) in [6.45, 7) is 0. The molecule has 5 heteroatoms. The van der Waals surface area contributed by atoms with Gasteiger partial charge in [-0.2, -0.15) is 0 Å². The van der Waals surface area contributed by atoms with Crippen LogP contribution in [-0.2, 0) is 0 Å². The van der Waals surface area contributed by atoms with Gasteiger partial charge >= 0.3 is 0 Å². The van der Waals surface area contributed by atoms with Crippen molar-refractivity contribution in [2.24, 2.45) is 0 Å². The van der Waals surface area contributed by atoms with E-state index in [1.54, 1.807) is 0 Å². The molecule has 0 fully saturated rings. The zero-order valence-electron chi connectivity index (χ0n) is 23.6. The Kier molecular flexibility index (Phi) is 5.56. The first kappa shape index (κ1) is 24.8. The third kappa shape index (κ3) is 3.97. The fourth-order valence-corrected chi connectivity index (χ4v) is 6.50. The molecule has 2 aromatic heterocycles. The van der Waals surface area contributed by atoms with E-state index in [2.05, 4.69) is 66.8 Å². The lowest BCUT2D eigenvalue weighted by Gasteiger charge is -2.24. The van der Waals surface area contributed by atoms with Gasteiger partial charge in [-0.05, 0) is 41.5 Å². The SMILES string of the molecule is C1=CC2Oc3ccccc3C2C(c2ccccc2-c2nc(-c3ccccc3)nc(-c3ccc4c(c3)oc3ccccc34)n2)=C1. The van der Waals surface area contributed by atoms with Gasteiger partial charge in [0.15, 0.2) is 17.5 Å². The number of para-hydroxylation sites is 2. The van der Waals surface area contributed by atoms with Crippen molar-refractivity contribution in [2.45, 2.75) is 12.0 Å². The van der Waals surface area contributed by atoms with Crippen LogP contribution in [0.15, 0.2) is 144 Å². The van der Waals surface area contributed by atoms with Gasteiger partial charge in [0, 0.05) is 33.0 Å². The van der Waals surface area contributed by atoms with Crippen LogP contribution in [0, 0.1) is 0 Å². The Hall–Kier alpha value is -5.81. The van der Waals surface area contributed by atoms with Gasteiger partial charge in [-0.3, -0.25) is 0 Å². The molecule has 2 unspecified atom stereocenters. The van der Waals surface area contributed by atoms with Crippen LogP contribution in [0.1, 0.15) is 17.0 Å². The molecule has 7 aromatic rings. The molecule has 0 saturated heterocycles. The van der Waals surface area contributed by atoms with Crippen molar-refractivity contribution in [3.63, 3.8) is 0 Å². The highest BCUT2D eigenvalue weighted by Gasteiger charge is 2.37. The number of furan rings is 1. The van der Waals surface area contributed by atoms with E-state index >= 15 is 0 Å². The van der Waals surface area contributed by atoms with Gasteiger partial charge in [-0.15, -0.1) is 0 Å². The minimum absolute atomic E-state index is 0.0511. The largest absolute Gasteiger partial charge is 0.485 e. The molecule has 5 nitrogen and oxygen atoms in total. The second-order valence-electron chi connectivity index (χ2n) is 11.1. The molecule has 2 aliphatic rings. The number of hydrogen-bond donors (Lipinski definition) is 0. The maximum atomic E-state index is 6.34. The standard InChI is InChI=1S/C39H25N3O2/c1-2-11-24(12-3-1)37-40-38(25-21-22-28-27-14-6-8-18-32(27)44-35(28)23-25)42-39(41-37)30-15-5-4-13-26(30)29-17-10-20-34-36(29)31-16-7-9-19-33(31)43-34/h1-23,34,36H. The van der Waals surface area contributed by atoms with Crippen LogP contribution in [0.25, 0.3) is 61.7 Å². The number of fused-ring (bicyclic) bond motifs is 6. The first-order chi connectivity index (χ1) is 21.8. The fourth-order valence-electron chi connectivity index (χ4n) is 6.50. The van der Waals surface area contributed by atoms with E-state index in [1.165, 1.54) is 11.1 Å². The van der Waals surface area contributed by atoms with Crippen LogP contribution in [0.3, 0.4) is 0 Å². The van der Waals surface area contributed by atoms with E-state index in [0.29, 0.717) is 17.5 Å². The molecule has 9 rings (SSSR count). The smallest absolute Gasteiger partial charge is 0.164 e. The zero-order valence-corrected chi connectivity index (χ0v) is 23.6. The van der Waals surface area contributed by atoms with Crippen LogP contribution >= 0.6 is 0 Å². The molecule has 3 heterocycles. The minimum Gasteiger partial charge on any atom is -0.485 e. The minimum atomic E-state index is -0.0511. The van der Waals surface area contributed by atoms with Gasteiger partial charge in [-0.1, -0.05) is 109 Å². The van der Waals surface area contributed by atoms with Crippen LogP contribution < -0.4 is 4.74 Å². The van der Waals surface area contributed by atoms with Crippen molar-refractivity contribution >= 4 is 27.5 Å². The lowest BCUT2D eigenvalue weighted by Crippen LogP contribution is -2.19. The molecule has 0 N–H and O–H groups in total. The molecule has 208 valence electrons. The second-order valence-corrected chi connectivity index (χ2v) is 11.1. The highest BCUT2D eigenvalue weighted by Crippen LogP contribution is 2.49. The number of allylic oxidation sites excluding steroid dienone is 2. The van der Waals surface area contributed by atoms with Crippen LogP contribution in [-0.4, -0.2) is 21.1 Å². The van der Waals surface area contributed by atoms with E-state index in [4.69, 9.17) is 24.1 Å². The third-order valence-corrected chi connectivity index (χ3v) is 8.54. The molecule has 2 atom stereocenters. The van der Waals surface area contributed by atoms with E-state index in [9.17, 15) is 0 Å². The molecule has 5 aromatic carbocycles. The molecular weight excluding hydrogens is 542 g/mol. The second kappa shape index (κ2) is 9.89. The van der Waals surface area contributed by atoms with Crippen molar-refractivity contribution in [3.05, 3.63) is 151 Å². The van der Waals surface area contributed by atoms with E-state index in [-0.39, 0.29) is 12.0 Å². The third-order valence-electron chi connectivity index (χ3n) is 8.54. The number of nitrogens with zero attached hydrogens (tertiary/aromatic N) is 3. The summed E-state index contributed by atoms with van der Waals surface area (Å²) < 4.78 is 12.6. The Labute approximate surface area is 253 Å². The van der Waals surface area contributed by atoms with Crippen LogP contribution in [0.2, 0.25) is 0 Å². The Balaban J connectivity index is 1.22. The maximum Gasteiger partial charge on any atom is 0.164 e. The maximum absolute atomic E-state index is 6.34. The molecule has 0 radical (unpaired) electrons. The van der Waals surface area contributed by atoms with Crippen molar-refractivity contribution in [1.82, 2.24) is 15.0 Å². The van der Waals surface area contributed by atoms with Gasteiger partial charge in [0.25, 0.3) is 0 Å². The van der Waals surface area contributed by atoms with Crippen molar-refractivity contribution in [3.8, 4) is 39.9 Å². The molecule has 1 aliphatic carbocycles. The Bertz CT molecular complexity index is 2280. The quantitative estimate of drug-likeness (QED) is 0.212. The molecule has 0 saturated carbocycles. The summed E-state index contributed by atoms with van der Waals surface area (Å²) in [5.74, 6) is 2.86. The average molecular weight is 568 g/mol. The van der Waals surface area contributed by atoms with Crippen LogP contribution in [0.4, 0.5) is 0 Å². The predicted octanol–water partition coefficient (Wildman–Crippen LogP) is 9.27. The fraction of sp³-hybridized carbons (Fsp3) is 0.0513.